The molecule has 4 heterocycles. The Morgan fingerprint density at radius 1 is 1.21 bits per heavy atom. The maximum absolute atomic E-state index is 4.80. The Labute approximate surface area is 142 Å². The molecule has 0 aliphatic carbocycles. The molecule has 1 fully saturated rings. The third kappa shape index (κ3) is 3.36. The highest BCUT2D eigenvalue weighted by atomic mass is 15.3. The first-order chi connectivity index (χ1) is 11.8. The molecule has 0 unspecified atom stereocenters. The largest absolute Gasteiger partial charge is 0.307 e. The maximum Gasteiger partial charge on any atom is 0.137 e. The SMILES string of the molecule is Cc1ccc2nc(CN3CCCC[C@H]3CCn3cccn3)cn2c1. The topological polar surface area (TPSA) is 38.4 Å². The van der Waals surface area contributed by atoms with Crippen molar-refractivity contribution in [2.75, 3.05) is 6.54 Å². The van der Waals surface area contributed by atoms with Crippen LogP contribution in [0.25, 0.3) is 5.65 Å². The van der Waals surface area contributed by atoms with Crippen LogP contribution in [0.2, 0.25) is 0 Å². The van der Waals surface area contributed by atoms with E-state index in [0.29, 0.717) is 6.04 Å². The van der Waals surface area contributed by atoms with Crippen molar-refractivity contribution in [1.82, 2.24) is 24.1 Å². The summed E-state index contributed by atoms with van der Waals surface area (Å²) < 4.78 is 4.19. The van der Waals surface area contributed by atoms with Gasteiger partial charge in [-0.15, -0.1) is 0 Å². The second-order valence-corrected chi connectivity index (χ2v) is 6.88. The van der Waals surface area contributed by atoms with Crippen LogP contribution in [0.15, 0.2) is 43.0 Å². The number of aryl methyl sites for hydroxylation is 2. The van der Waals surface area contributed by atoms with E-state index in [9.17, 15) is 0 Å². The lowest BCUT2D eigenvalue weighted by Gasteiger charge is -2.35. The zero-order valence-corrected chi connectivity index (χ0v) is 14.3. The molecule has 1 aliphatic rings. The quantitative estimate of drug-likeness (QED) is 0.723. The van der Waals surface area contributed by atoms with Gasteiger partial charge in [0.15, 0.2) is 0 Å². The fourth-order valence-corrected chi connectivity index (χ4v) is 3.75. The van der Waals surface area contributed by atoms with Crippen LogP contribution in [0, 0.1) is 6.92 Å². The number of aromatic nitrogens is 4. The predicted molar refractivity (Wildman–Crippen MR) is 94.8 cm³/mol. The minimum atomic E-state index is 0.634. The standard InChI is InChI=1S/C19H25N5/c1-16-6-7-19-21-17(15-23(19)13-16)14-22-10-3-2-5-18(22)8-12-24-11-4-9-20-24/h4,6-7,9,11,13,15,18H,2-3,5,8,10,12,14H2,1H3/t18-/m0/s1. The molecule has 126 valence electrons. The van der Waals surface area contributed by atoms with Gasteiger partial charge in [-0.05, 0) is 50.4 Å². The van der Waals surface area contributed by atoms with Crippen LogP contribution < -0.4 is 0 Å². The molecule has 0 aromatic carbocycles. The molecule has 1 saturated heterocycles. The van der Waals surface area contributed by atoms with E-state index >= 15 is 0 Å². The van der Waals surface area contributed by atoms with Gasteiger partial charge in [0.2, 0.25) is 0 Å². The lowest BCUT2D eigenvalue weighted by atomic mass is 9.99. The summed E-state index contributed by atoms with van der Waals surface area (Å²) in [5.41, 5.74) is 3.48. The van der Waals surface area contributed by atoms with E-state index in [1.54, 1.807) is 0 Å². The molecular weight excluding hydrogens is 298 g/mol. The van der Waals surface area contributed by atoms with Crippen LogP contribution >= 0.6 is 0 Å². The third-order valence-corrected chi connectivity index (χ3v) is 5.01. The minimum absolute atomic E-state index is 0.634. The van der Waals surface area contributed by atoms with Gasteiger partial charge in [0.05, 0.1) is 5.69 Å². The number of fused-ring (bicyclic) bond motifs is 1. The van der Waals surface area contributed by atoms with Crippen molar-refractivity contribution in [1.29, 1.82) is 0 Å². The molecule has 0 N–H and O–H groups in total. The average Bonchev–Trinajstić information content (AvgIpc) is 3.22. The number of piperidine rings is 1. The molecule has 4 rings (SSSR count). The van der Waals surface area contributed by atoms with Crippen LogP contribution in [0.3, 0.4) is 0 Å². The van der Waals surface area contributed by atoms with Crippen molar-refractivity contribution in [3.63, 3.8) is 0 Å². The average molecular weight is 323 g/mol. The first kappa shape index (κ1) is 15.4. The van der Waals surface area contributed by atoms with Gasteiger partial charge >= 0.3 is 0 Å². The van der Waals surface area contributed by atoms with E-state index in [0.717, 1.165) is 25.2 Å². The van der Waals surface area contributed by atoms with Crippen molar-refractivity contribution in [2.45, 2.75) is 51.7 Å². The molecule has 5 nitrogen and oxygen atoms in total. The van der Waals surface area contributed by atoms with E-state index in [2.05, 4.69) is 52.0 Å². The monoisotopic (exact) mass is 323 g/mol. The molecule has 0 bridgehead atoms. The summed E-state index contributed by atoms with van der Waals surface area (Å²) in [5.74, 6) is 0. The molecule has 24 heavy (non-hydrogen) atoms. The number of imidazole rings is 1. The van der Waals surface area contributed by atoms with Crippen molar-refractivity contribution in [3.05, 3.63) is 54.2 Å². The highest BCUT2D eigenvalue weighted by Gasteiger charge is 2.23. The summed E-state index contributed by atoms with van der Waals surface area (Å²) >= 11 is 0. The lowest BCUT2D eigenvalue weighted by Crippen LogP contribution is -2.39. The number of nitrogens with zero attached hydrogens (tertiary/aromatic N) is 5. The number of hydrogen-bond donors (Lipinski definition) is 0. The first-order valence-corrected chi connectivity index (χ1v) is 8.94. The third-order valence-electron chi connectivity index (χ3n) is 5.01. The Hall–Kier alpha value is -2.14. The van der Waals surface area contributed by atoms with Gasteiger partial charge in [0, 0.05) is 43.9 Å². The zero-order chi connectivity index (χ0) is 16.4. The molecule has 0 radical (unpaired) electrons. The number of hydrogen-bond acceptors (Lipinski definition) is 3. The van der Waals surface area contributed by atoms with E-state index in [1.807, 2.05) is 16.9 Å². The van der Waals surface area contributed by atoms with E-state index in [1.165, 1.54) is 37.1 Å². The Morgan fingerprint density at radius 3 is 3.04 bits per heavy atom. The van der Waals surface area contributed by atoms with Gasteiger partial charge in [-0.2, -0.15) is 5.10 Å². The smallest absolute Gasteiger partial charge is 0.137 e. The first-order valence-electron chi connectivity index (χ1n) is 8.94. The molecular formula is C19H25N5. The fraction of sp³-hybridized carbons (Fsp3) is 0.474. The van der Waals surface area contributed by atoms with E-state index < -0.39 is 0 Å². The molecule has 1 aliphatic heterocycles. The second-order valence-electron chi connectivity index (χ2n) is 6.88. The van der Waals surface area contributed by atoms with Crippen LogP contribution in [0.5, 0.6) is 0 Å². The fourth-order valence-electron chi connectivity index (χ4n) is 3.75. The van der Waals surface area contributed by atoms with Gasteiger partial charge in [-0.25, -0.2) is 4.98 Å². The van der Waals surface area contributed by atoms with E-state index in [4.69, 9.17) is 4.98 Å². The molecule has 3 aromatic heterocycles. The summed E-state index contributed by atoms with van der Waals surface area (Å²) in [7, 11) is 0. The van der Waals surface area contributed by atoms with Crippen molar-refractivity contribution >= 4 is 5.65 Å². The molecule has 1 atom stereocenters. The van der Waals surface area contributed by atoms with Gasteiger partial charge in [0.25, 0.3) is 0 Å². The summed E-state index contributed by atoms with van der Waals surface area (Å²) in [4.78, 5) is 7.41. The number of rotatable bonds is 5. The van der Waals surface area contributed by atoms with Crippen molar-refractivity contribution in [2.24, 2.45) is 0 Å². The second kappa shape index (κ2) is 6.77. The van der Waals surface area contributed by atoms with Crippen LogP contribution in [-0.2, 0) is 13.1 Å². The number of pyridine rings is 1. The van der Waals surface area contributed by atoms with Gasteiger partial charge in [-0.3, -0.25) is 9.58 Å². The normalized spacial score (nSPS) is 19.1. The summed E-state index contributed by atoms with van der Waals surface area (Å²) in [6, 6.07) is 6.86. The predicted octanol–water partition coefficient (Wildman–Crippen LogP) is 3.28. The molecule has 0 saturated carbocycles. The minimum Gasteiger partial charge on any atom is -0.307 e. The maximum atomic E-state index is 4.80. The summed E-state index contributed by atoms with van der Waals surface area (Å²) in [6.07, 6.45) is 13.3. The van der Waals surface area contributed by atoms with E-state index in [-0.39, 0.29) is 0 Å². The van der Waals surface area contributed by atoms with Crippen molar-refractivity contribution < 1.29 is 0 Å². The summed E-state index contributed by atoms with van der Waals surface area (Å²) in [6.45, 7) is 5.24. The van der Waals surface area contributed by atoms with Gasteiger partial charge in [-0.1, -0.05) is 12.5 Å². The Kier molecular flexibility index (Phi) is 4.34. The highest BCUT2D eigenvalue weighted by molar-refractivity contribution is 5.41. The number of likely N-dealkylation sites (tertiary alicyclic amines) is 1. The van der Waals surface area contributed by atoms with Gasteiger partial charge in [0.1, 0.15) is 5.65 Å². The molecule has 0 spiro atoms. The van der Waals surface area contributed by atoms with Crippen molar-refractivity contribution in [3.8, 4) is 0 Å². The van der Waals surface area contributed by atoms with Crippen LogP contribution in [0.1, 0.15) is 36.9 Å². The Bertz CT molecular complexity index is 789. The highest BCUT2D eigenvalue weighted by Crippen LogP contribution is 2.22. The van der Waals surface area contributed by atoms with Gasteiger partial charge < -0.3 is 4.40 Å². The Morgan fingerprint density at radius 2 is 2.17 bits per heavy atom. The lowest BCUT2D eigenvalue weighted by molar-refractivity contribution is 0.126. The Balaban J connectivity index is 1.45. The molecule has 3 aromatic rings. The zero-order valence-electron chi connectivity index (χ0n) is 14.3. The van der Waals surface area contributed by atoms with Crippen LogP contribution in [-0.4, -0.2) is 36.7 Å². The molecule has 0 amide bonds. The summed E-state index contributed by atoms with van der Waals surface area (Å²) in [5, 5.41) is 4.33. The van der Waals surface area contributed by atoms with Crippen LogP contribution in [0.4, 0.5) is 0 Å². The molecule has 5 heteroatoms.